The Kier molecular flexibility index (Phi) is 8.09. The predicted octanol–water partition coefficient (Wildman–Crippen LogP) is 3.30. The number of benzene rings is 2. The molecule has 6 nitrogen and oxygen atoms in total. The Balaban J connectivity index is 0.000000234. The fourth-order valence-corrected chi connectivity index (χ4v) is 4.41. The zero-order valence-electron chi connectivity index (χ0n) is 15.6. The van der Waals surface area contributed by atoms with E-state index >= 15 is 0 Å². The highest BCUT2D eigenvalue weighted by atomic mass is 35.5. The SMILES string of the molecule is CNc1cc(F)c(F)c(Cl)c1.O=Cc1cccc(S(=O)(=O)N2CCC(O)CC2)c1. The number of hydrogen-bond donors (Lipinski definition) is 2. The van der Waals surface area contributed by atoms with E-state index in [9.17, 15) is 27.1 Å². The van der Waals surface area contributed by atoms with Gasteiger partial charge in [0, 0.05) is 37.5 Å². The van der Waals surface area contributed by atoms with Gasteiger partial charge in [-0.05, 0) is 31.0 Å². The largest absolute Gasteiger partial charge is 0.393 e. The first-order chi connectivity index (χ1) is 13.7. The molecule has 29 heavy (non-hydrogen) atoms. The Labute approximate surface area is 173 Å². The van der Waals surface area contributed by atoms with Gasteiger partial charge in [0.15, 0.2) is 11.6 Å². The minimum absolute atomic E-state index is 0.128. The fourth-order valence-electron chi connectivity index (χ4n) is 2.68. The number of hydrogen-bond acceptors (Lipinski definition) is 5. The number of piperidine rings is 1. The van der Waals surface area contributed by atoms with Crippen molar-refractivity contribution in [1.29, 1.82) is 0 Å². The third-order valence-corrected chi connectivity index (χ3v) is 6.50. The van der Waals surface area contributed by atoms with E-state index in [4.69, 9.17) is 11.6 Å². The Hall–Kier alpha value is -2.07. The summed E-state index contributed by atoms with van der Waals surface area (Å²) in [5.74, 6) is -1.95. The molecule has 2 aromatic carbocycles. The minimum Gasteiger partial charge on any atom is -0.393 e. The molecular weight excluding hydrogens is 426 g/mol. The van der Waals surface area contributed by atoms with E-state index in [1.807, 2.05) is 0 Å². The van der Waals surface area contributed by atoms with E-state index in [1.54, 1.807) is 19.2 Å². The van der Waals surface area contributed by atoms with Crippen LogP contribution in [0.4, 0.5) is 14.5 Å². The van der Waals surface area contributed by atoms with Gasteiger partial charge in [-0.15, -0.1) is 0 Å². The van der Waals surface area contributed by atoms with Gasteiger partial charge in [0.1, 0.15) is 6.29 Å². The lowest BCUT2D eigenvalue weighted by Crippen LogP contribution is -2.40. The van der Waals surface area contributed by atoms with Crippen molar-refractivity contribution < 1.29 is 27.1 Å². The molecule has 0 amide bonds. The number of nitrogens with zero attached hydrogens (tertiary/aromatic N) is 1. The van der Waals surface area contributed by atoms with Crippen molar-refractivity contribution in [1.82, 2.24) is 4.31 Å². The maximum absolute atomic E-state index is 12.5. The number of aldehydes is 1. The van der Waals surface area contributed by atoms with E-state index in [0.717, 1.165) is 6.07 Å². The zero-order valence-corrected chi connectivity index (χ0v) is 17.2. The molecule has 2 aromatic rings. The summed E-state index contributed by atoms with van der Waals surface area (Å²) in [5, 5.41) is 11.8. The first-order valence-corrected chi connectivity index (χ1v) is 10.6. The van der Waals surface area contributed by atoms with Crippen LogP contribution in [0.3, 0.4) is 0 Å². The van der Waals surface area contributed by atoms with Crippen LogP contribution < -0.4 is 5.32 Å². The number of rotatable bonds is 4. The standard InChI is InChI=1S/C12H15NO4S.C7H6ClF2N/c14-9-10-2-1-3-12(8-10)18(16,17)13-6-4-11(15)5-7-13;1-11-4-2-5(8)7(10)6(9)3-4/h1-3,8-9,11,15H,4-7H2;2-3,11H,1H3. The second kappa shape index (κ2) is 10.1. The molecule has 0 atom stereocenters. The van der Waals surface area contributed by atoms with E-state index < -0.39 is 27.8 Å². The summed E-state index contributed by atoms with van der Waals surface area (Å²) in [7, 11) is -1.95. The number of halogens is 3. The molecule has 0 aromatic heterocycles. The molecule has 0 unspecified atom stereocenters. The van der Waals surface area contributed by atoms with Crippen molar-refractivity contribution in [3.8, 4) is 0 Å². The van der Waals surface area contributed by atoms with Gasteiger partial charge in [-0.25, -0.2) is 17.2 Å². The monoisotopic (exact) mass is 446 g/mol. The molecule has 0 spiro atoms. The molecular formula is C19H21ClF2N2O4S. The summed E-state index contributed by atoms with van der Waals surface area (Å²) in [6.07, 6.45) is 1.11. The van der Waals surface area contributed by atoms with E-state index in [-0.39, 0.29) is 9.92 Å². The number of aliphatic hydroxyl groups is 1. The van der Waals surface area contributed by atoms with Crippen molar-refractivity contribution in [3.05, 3.63) is 58.6 Å². The molecule has 1 fully saturated rings. The Morgan fingerprint density at radius 3 is 2.41 bits per heavy atom. The highest BCUT2D eigenvalue weighted by Crippen LogP contribution is 2.22. The average Bonchev–Trinajstić information content (AvgIpc) is 2.72. The van der Waals surface area contributed by atoms with Crippen molar-refractivity contribution >= 4 is 33.6 Å². The fraction of sp³-hybridized carbons (Fsp3) is 0.316. The number of anilines is 1. The lowest BCUT2D eigenvalue weighted by Gasteiger charge is -2.28. The maximum atomic E-state index is 12.5. The van der Waals surface area contributed by atoms with E-state index in [2.05, 4.69) is 5.32 Å². The van der Waals surface area contributed by atoms with Crippen LogP contribution in [0.2, 0.25) is 5.02 Å². The van der Waals surface area contributed by atoms with Gasteiger partial charge in [-0.1, -0.05) is 23.7 Å². The highest BCUT2D eigenvalue weighted by Gasteiger charge is 2.28. The lowest BCUT2D eigenvalue weighted by molar-refractivity contribution is 0.112. The third kappa shape index (κ3) is 5.96. The molecule has 3 rings (SSSR count). The summed E-state index contributed by atoms with van der Waals surface area (Å²) in [4.78, 5) is 10.8. The third-order valence-electron chi connectivity index (χ3n) is 4.33. The number of sulfonamides is 1. The first kappa shape index (κ1) is 23.2. The molecule has 1 aliphatic rings. The Bertz CT molecular complexity index is 941. The Morgan fingerprint density at radius 2 is 1.86 bits per heavy atom. The van der Waals surface area contributed by atoms with Crippen molar-refractivity contribution in [2.24, 2.45) is 0 Å². The molecule has 158 valence electrons. The predicted molar refractivity (Wildman–Crippen MR) is 107 cm³/mol. The average molecular weight is 447 g/mol. The van der Waals surface area contributed by atoms with Crippen LogP contribution in [0, 0.1) is 11.6 Å². The molecule has 1 aliphatic heterocycles. The summed E-state index contributed by atoms with van der Waals surface area (Å²) < 4.78 is 51.0. The van der Waals surface area contributed by atoms with Crippen molar-refractivity contribution in [2.45, 2.75) is 23.8 Å². The van der Waals surface area contributed by atoms with Crippen molar-refractivity contribution in [3.63, 3.8) is 0 Å². The number of nitrogens with one attached hydrogen (secondary N) is 1. The van der Waals surface area contributed by atoms with Gasteiger partial charge >= 0.3 is 0 Å². The number of carbonyl (C=O) groups is 1. The van der Waals surface area contributed by atoms with Crippen LogP contribution in [0.5, 0.6) is 0 Å². The molecule has 2 N–H and O–H groups in total. The van der Waals surface area contributed by atoms with E-state index in [1.165, 1.54) is 22.5 Å². The second-order valence-electron chi connectivity index (χ2n) is 6.33. The topological polar surface area (TPSA) is 86.7 Å². The van der Waals surface area contributed by atoms with Crippen molar-refractivity contribution in [2.75, 3.05) is 25.5 Å². The molecule has 0 aliphatic carbocycles. The summed E-state index contributed by atoms with van der Waals surface area (Å²) >= 11 is 5.34. The number of aliphatic hydroxyl groups excluding tert-OH is 1. The quantitative estimate of drug-likeness (QED) is 0.556. The molecule has 0 bridgehead atoms. The first-order valence-electron chi connectivity index (χ1n) is 8.74. The summed E-state index contributed by atoms with van der Waals surface area (Å²) in [6, 6.07) is 8.32. The van der Waals surface area contributed by atoms with Gasteiger partial charge in [-0.3, -0.25) is 4.79 Å². The summed E-state index contributed by atoms with van der Waals surface area (Å²) in [5.41, 5.74) is 0.794. The normalized spacial score (nSPS) is 15.3. The molecule has 0 saturated carbocycles. The maximum Gasteiger partial charge on any atom is 0.243 e. The van der Waals surface area contributed by atoms with Crippen LogP contribution in [-0.4, -0.2) is 50.4 Å². The van der Waals surface area contributed by atoms with Gasteiger partial charge in [0.25, 0.3) is 0 Å². The molecule has 1 saturated heterocycles. The van der Waals surface area contributed by atoms with Crippen LogP contribution in [0.25, 0.3) is 0 Å². The summed E-state index contributed by atoms with van der Waals surface area (Å²) in [6.45, 7) is 0.629. The van der Waals surface area contributed by atoms with E-state index in [0.29, 0.717) is 43.5 Å². The molecule has 10 heteroatoms. The smallest absolute Gasteiger partial charge is 0.243 e. The molecule has 0 radical (unpaired) electrons. The van der Waals surface area contributed by atoms with Gasteiger partial charge in [0.2, 0.25) is 10.0 Å². The van der Waals surface area contributed by atoms with Gasteiger partial charge in [0.05, 0.1) is 16.0 Å². The number of carbonyl (C=O) groups excluding carboxylic acids is 1. The highest BCUT2D eigenvalue weighted by molar-refractivity contribution is 7.89. The lowest BCUT2D eigenvalue weighted by atomic mass is 10.1. The van der Waals surface area contributed by atoms with Crippen LogP contribution >= 0.6 is 11.6 Å². The minimum atomic E-state index is -3.55. The second-order valence-corrected chi connectivity index (χ2v) is 8.67. The molecule has 1 heterocycles. The van der Waals surface area contributed by atoms with Crippen LogP contribution in [0.1, 0.15) is 23.2 Å². The Morgan fingerprint density at radius 1 is 1.21 bits per heavy atom. The van der Waals surface area contributed by atoms with Gasteiger partial charge in [-0.2, -0.15) is 4.31 Å². The van der Waals surface area contributed by atoms with Crippen LogP contribution in [0.15, 0.2) is 41.3 Å². The van der Waals surface area contributed by atoms with Gasteiger partial charge < -0.3 is 10.4 Å². The van der Waals surface area contributed by atoms with Crippen LogP contribution in [-0.2, 0) is 10.0 Å². The zero-order chi connectivity index (χ0) is 21.6.